The first kappa shape index (κ1) is 18.0. The fourth-order valence-corrected chi connectivity index (χ4v) is 4.82. The molecule has 25 heavy (non-hydrogen) atoms. The average molecular weight is 424 g/mol. The van der Waals surface area contributed by atoms with Crippen LogP contribution in [0.5, 0.6) is 0 Å². The number of sulfonamides is 1. The van der Waals surface area contributed by atoms with Crippen molar-refractivity contribution < 1.29 is 13.2 Å². The summed E-state index contributed by atoms with van der Waals surface area (Å²) in [6.07, 6.45) is 4.22. The predicted molar refractivity (Wildman–Crippen MR) is 98.8 cm³/mol. The molecule has 1 aliphatic heterocycles. The van der Waals surface area contributed by atoms with Crippen LogP contribution < -0.4 is 9.62 Å². The lowest BCUT2D eigenvalue weighted by Crippen LogP contribution is -2.31. The third kappa shape index (κ3) is 3.75. The summed E-state index contributed by atoms with van der Waals surface area (Å²) < 4.78 is 29.0. The number of halogens is 1. The van der Waals surface area contributed by atoms with E-state index in [2.05, 4.69) is 25.6 Å². The molecule has 0 fully saturated rings. The molecule has 8 heteroatoms. The minimum atomic E-state index is -3.78. The minimum absolute atomic E-state index is 0.0789. The van der Waals surface area contributed by atoms with E-state index in [9.17, 15) is 13.2 Å². The van der Waals surface area contributed by atoms with Crippen molar-refractivity contribution in [3.8, 4) is 0 Å². The third-order valence-corrected chi connectivity index (χ3v) is 5.95. The highest BCUT2D eigenvalue weighted by molar-refractivity contribution is 9.10. The normalized spacial score (nSPS) is 13.8. The highest BCUT2D eigenvalue weighted by atomic mass is 79.9. The number of anilines is 1. The zero-order valence-corrected chi connectivity index (χ0v) is 16.1. The van der Waals surface area contributed by atoms with Crippen molar-refractivity contribution in [1.82, 2.24) is 9.71 Å². The van der Waals surface area contributed by atoms with Gasteiger partial charge in [0.25, 0.3) is 0 Å². The molecule has 2 aromatic rings. The predicted octanol–water partition coefficient (Wildman–Crippen LogP) is 2.62. The van der Waals surface area contributed by atoms with Crippen LogP contribution in [-0.4, -0.2) is 25.9 Å². The molecule has 1 aromatic heterocycles. The van der Waals surface area contributed by atoms with Gasteiger partial charge in [0, 0.05) is 36.4 Å². The van der Waals surface area contributed by atoms with Crippen LogP contribution >= 0.6 is 15.9 Å². The van der Waals surface area contributed by atoms with Gasteiger partial charge in [0.15, 0.2) is 0 Å². The summed E-state index contributed by atoms with van der Waals surface area (Å²) in [5.74, 6) is -0.0789. The number of benzene rings is 1. The number of pyridine rings is 1. The van der Waals surface area contributed by atoms with Gasteiger partial charge < -0.3 is 4.90 Å². The summed E-state index contributed by atoms with van der Waals surface area (Å²) >= 11 is 3.37. The first-order chi connectivity index (χ1) is 11.9. The van der Waals surface area contributed by atoms with Gasteiger partial charge in [-0.2, -0.15) is 0 Å². The van der Waals surface area contributed by atoms with Crippen LogP contribution in [0.25, 0.3) is 0 Å². The molecular formula is C17H18BrN3O3S. The number of fused-ring (bicyclic) bond motifs is 1. The maximum Gasteiger partial charge on any atom is 0.242 e. The lowest BCUT2D eigenvalue weighted by Gasteiger charge is -2.20. The van der Waals surface area contributed by atoms with Gasteiger partial charge >= 0.3 is 0 Å². The number of nitrogens with zero attached hydrogens (tertiary/aromatic N) is 2. The maximum atomic E-state index is 12.9. The Morgan fingerprint density at radius 3 is 2.88 bits per heavy atom. The van der Waals surface area contributed by atoms with E-state index < -0.39 is 10.0 Å². The fourth-order valence-electron chi connectivity index (χ4n) is 2.87. The lowest BCUT2D eigenvalue weighted by molar-refractivity contribution is -0.118. The minimum Gasteiger partial charge on any atom is -0.310 e. The van der Waals surface area contributed by atoms with Crippen LogP contribution in [0.3, 0.4) is 0 Å². The third-order valence-electron chi connectivity index (χ3n) is 4.08. The molecule has 0 atom stereocenters. The van der Waals surface area contributed by atoms with E-state index in [-0.39, 0.29) is 17.3 Å². The van der Waals surface area contributed by atoms with Gasteiger partial charge in [0.05, 0.1) is 5.69 Å². The molecule has 1 aromatic carbocycles. The Labute approximate surface area is 155 Å². The number of aromatic nitrogens is 1. The number of hydrogen-bond acceptors (Lipinski definition) is 4. The first-order valence-electron chi connectivity index (χ1n) is 7.93. The standard InChI is InChI=1S/C17H18BrN3O3S/c1-2-16(22)21-7-5-13-8-14(18)9-15(17(13)21)25(23,24)20-11-12-4-3-6-19-10-12/h3-4,6,8-10,20H,2,5,7,11H2,1H3. The second kappa shape index (κ2) is 7.23. The van der Waals surface area contributed by atoms with Crippen molar-refractivity contribution in [3.63, 3.8) is 0 Å². The second-order valence-electron chi connectivity index (χ2n) is 5.75. The molecule has 1 N–H and O–H groups in total. The van der Waals surface area contributed by atoms with E-state index in [0.717, 1.165) is 11.1 Å². The number of carbonyl (C=O) groups is 1. The number of carbonyl (C=O) groups excluding carboxylic acids is 1. The van der Waals surface area contributed by atoms with E-state index in [1.807, 2.05) is 6.07 Å². The summed E-state index contributed by atoms with van der Waals surface area (Å²) in [5, 5.41) is 0. The summed E-state index contributed by atoms with van der Waals surface area (Å²) in [4.78, 5) is 17.9. The molecule has 0 unspecified atom stereocenters. The van der Waals surface area contributed by atoms with Gasteiger partial charge in [-0.3, -0.25) is 9.78 Å². The first-order valence-corrected chi connectivity index (χ1v) is 10.2. The summed E-state index contributed by atoms with van der Waals surface area (Å²) in [6, 6.07) is 6.97. The number of rotatable bonds is 5. The maximum absolute atomic E-state index is 12.9. The van der Waals surface area contributed by atoms with Crippen LogP contribution in [0.1, 0.15) is 24.5 Å². The molecule has 0 radical (unpaired) electrons. The largest absolute Gasteiger partial charge is 0.310 e. The van der Waals surface area contributed by atoms with Crippen molar-refractivity contribution >= 4 is 37.5 Å². The van der Waals surface area contributed by atoms with Gasteiger partial charge in [0.2, 0.25) is 15.9 Å². The van der Waals surface area contributed by atoms with Gasteiger partial charge in [-0.25, -0.2) is 13.1 Å². The van der Waals surface area contributed by atoms with Crippen LogP contribution in [-0.2, 0) is 27.8 Å². The lowest BCUT2D eigenvalue weighted by atomic mass is 10.2. The van der Waals surface area contributed by atoms with Gasteiger partial charge in [-0.1, -0.05) is 28.9 Å². The Balaban J connectivity index is 1.97. The van der Waals surface area contributed by atoms with Crippen molar-refractivity contribution in [2.24, 2.45) is 0 Å². The van der Waals surface area contributed by atoms with Crippen molar-refractivity contribution in [2.75, 3.05) is 11.4 Å². The smallest absolute Gasteiger partial charge is 0.242 e. The summed E-state index contributed by atoms with van der Waals surface area (Å²) in [6.45, 7) is 2.41. The van der Waals surface area contributed by atoms with E-state index in [0.29, 0.717) is 29.5 Å². The van der Waals surface area contributed by atoms with Crippen molar-refractivity contribution in [2.45, 2.75) is 31.2 Å². The molecular weight excluding hydrogens is 406 g/mol. The van der Waals surface area contributed by atoms with Crippen molar-refractivity contribution in [1.29, 1.82) is 0 Å². The Hall–Kier alpha value is -1.77. The SMILES string of the molecule is CCC(=O)N1CCc2cc(Br)cc(S(=O)(=O)NCc3cccnc3)c21. The monoisotopic (exact) mass is 423 g/mol. The van der Waals surface area contributed by atoms with Gasteiger partial charge in [0.1, 0.15) is 4.90 Å². The molecule has 1 amide bonds. The zero-order valence-electron chi connectivity index (χ0n) is 13.7. The van der Waals surface area contributed by atoms with E-state index >= 15 is 0 Å². The molecule has 0 saturated heterocycles. The Kier molecular flexibility index (Phi) is 5.21. The molecule has 1 aliphatic rings. The molecule has 6 nitrogen and oxygen atoms in total. The molecule has 3 rings (SSSR count). The Bertz CT molecular complexity index is 901. The molecule has 0 spiro atoms. The molecule has 2 heterocycles. The van der Waals surface area contributed by atoms with Crippen LogP contribution in [0.2, 0.25) is 0 Å². The highest BCUT2D eigenvalue weighted by Gasteiger charge is 2.31. The van der Waals surface area contributed by atoms with Crippen molar-refractivity contribution in [3.05, 3.63) is 52.3 Å². The Morgan fingerprint density at radius 1 is 1.40 bits per heavy atom. The van der Waals surface area contributed by atoms with Crippen LogP contribution in [0, 0.1) is 0 Å². The van der Waals surface area contributed by atoms with E-state index in [1.165, 1.54) is 0 Å². The van der Waals surface area contributed by atoms with Crippen LogP contribution in [0.15, 0.2) is 46.0 Å². The second-order valence-corrected chi connectivity index (χ2v) is 8.40. The summed E-state index contributed by atoms with van der Waals surface area (Å²) in [7, 11) is -3.78. The van der Waals surface area contributed by atoms with E-state index in [4.69, 9.17) is 0 Å². The zero-order chi connectivity index (χ0) is 18.0. The Morgan fingerprint density at radius 2 is 2.20 bits per heavy atom. The molecule has 0 aliphatic carbocycles. The molecule has 0 bridgehead atoms. The quantitative estimate of drug-likeness (QED) is 0.801. The molecule has 0 saturated carbocycles. The average Bonchev–Trinajstić information content (AvgIpc) is 3.03. The fraction of sp³-hybridized carbons (Fsp3) is 0.294. The molecule has 132 valence electrons. The van der Waals surface area contributed by atoms with E-state index in [1.54, 1.807) is 42.4 Å². The van der Waals surface area contributed by atoms with Crippen LogP contribution in [0.4, 0.5) is 5.69 Å². The highest BCUT2D eigenvalue weighted by Crippen LogP contribution is 2.37. The van der Waals surface area contributed by atoms with Gasteiger partial charge in [-0.15, -0.1) is 0 Å². The van der Waals surface area contributed by atoms with Gasteiger partial charge in [-0.05, 0) is 35.7 Å². The number of nitrogens with one attached hydrogen (secondary N) is 1. The number of hydrogen-bond donors (Lipinski definition) is 1. The number of amides is 1. The topological polar surface area (TPSA) is 79.4 Å². The summed E-state index contributed by atoms with van der Waals surface area (Å²) in [5.41, 5.74) is 2.12.